The number of ether oxygens (including phenoxy) is 1. The van der Waals surface area contributed by atoms with Crippen LogP contribution in [0.3, 0.4) is 0 Å². The number of hydrogen-bond donors (Lipinski definition) is 1. The van der Waals surface area contributed by atoms with Crippen LogP contribution in [0.4, 0.5) is 0 Å². The third kappa shape index (κ3) is 2.31. The van der Waals surface area contributed by atoms with Gasteiger partial charge < -0.3 is 14.3 Å². The van der Waals surface area contributed by atoms with Crippen molar-refractivity contribution in [1.29, 1.82) is 0 Å². The first kappa shape index (κ1) is 13.1. The lowest BCUT2D eigenvalue weighted by Crippen LogP contribution is -1.95. The highest BCUT2D eigenvalue weighted by molar-refractivity contribution is 5.86. The molecule has 0 radical (unpaired) electrons. The maximum absolute atomic E-state index is 11.0. The zero-order valence-electron chi connectivity index (χ0n) is 11.3. The van der Waals surface area contributed by atoms with E-state index in [2.05, 4.69) is 4.98 Å². The first-order chi connectivity index (χ1) is 8.93. The molecular weight excluding hydrogens is 246 g/mol. The molecule has 1 N–H and O–H groups in total. The molecule has 0 fully saturated rings. The number of methoxy groups -OCH3 is 1. The quantitative estimate of drug-likeness (QED) is 0.919. The van der Waals surface area contributed by atoms with Crippen molar-refractivity contribution in [2.45, 2.75) is 20.8 Å². The van der Waals surface area contributed by atoms with Crippen molar-refractivity contribution in [3.05, 3.63) is 34.7 Å². The van der Waals surface area contributed by atoms with Crippen LogP contribution in [0.15, 0.2) is 16.5 Å². The van der Waals surface area contributed by atoms with Crippen LogP contribution < -0.4 is 4.74 Å². The third-order valence-electron chi connectivity index (χ3n) is 2.87. The van der Waals surface area contributed by atoms with Crippen LogP contribution in [0.5, 0.6) is 5.75 Å². The number of carboxylic acids is 1. The van der Waals surface area contributed by atoms with Crippen LogP contribution in [0.25, 0.3) is 11.5 Å². The predicted octanol–water partition coefficient (Wildman–Crippen LogP) is 2.97. The van der Waals surface area contributed by atoms with Crippen molar-refractivity contribution in [1.82, 2.24) is 4.98 Å². The molecule has 0 aliphatic heterocycles. The molecule has 5 nitrogen and oxygen atoms in total. The number of rotatable bonds is 3. The van der Waals surface area contributed by atoms with Crippen LogP contribution in [-0.4, -0.2) is 23.2 Å². The van der Waals surface area contributed by atoms with Gasteiger partial charge in [0.15, 0.2) is 0 Å². The molecule has 0 atom stereocenters. The summed E-state index contributed by atoms with van der Waals surface area (Å²) in [4.78, 5) is 15.2. The molecule has 0 amide bonds. The lowest BCUT2D eigenvalue weighted by atomic mass is 10.0. The van der Waals surface area contributed by atoms with E-state index >= 15 is 0 Å². The van der Waals surface area contributed by atoms with E-state index in [0.29, 0.717) is 17.0 Å². The molecule has 0 bridgehead atoms. The van der Waals surface area contributed by atoms with Gasteiger partial charge >= 0.3 is 5.97 Å². The summed E-state index contributed by atoms with van der Waals surface area (Å²) in [6.45, 7) is 5.47. The summed E-state index contributed by atoms with van der Waals surface area (Å²) in [6, 6.07) is 3.83. The largest absolute Gasteiger partial charge is 0.496 e. The molecule has 0 unspecified atom stereocenters. The normalized spacial score (nSPS) is 10.5. The Morgan fingerprint density at radius 2 is 2.00 bits per heavy atom. The highest BCUT2D eigenvalue weighted by atomic mass is 16.5. The number of carboxylic acid groups (broad SMARTS) is 1. The van der Waals surface area contributed by atoms with Crippen LogP contribution in [0.2, 0.25) is 0 Å². The fourth-order valence-corrected chi connectivity index (χ4v) is 2.07. The lowest BCUT2D eigenvalue weighted by Gasteiger charge is -2.09. The molecule has 0 saturated carbocycles. The Labute approximate surface area is 110 Å². The molecule has 100 valence electrons. The molecule has 1 aromatic carbocycles. The minimum absolute atomic E-state index is 0.142. The topological polar surface area (TPSA) is 72.6 Å². The number of aromatic carboxylic acids is 1. The van der Waals surface area contributed by atoms with Gasteiger partial charge in [0.2, 0.25) is 11.7 Å². The van der Waals surface area contributed by atoms with Gasteiger partial charge in [0.25, 0.3) is 0 Å². The Hall–Kier alpha value is -2.30. The van der Waals surface area contributed by atoms with E-state index in [9.17, 15) is 4.79 Å². The van der Waals surface area contributed by atoms with Gasteiger partial charge in [0.1, 0.15) is 5.75 Å². The van der Waals surface area contributed by atoms with Gasteiger partial charge in [0, 0.05) is 0 Å². The van der Waals surface area contributed by atoms with Gasteiger partial charge in [-0.05, 0) is 38.0 Å². The summed E-state index contributed by atoms with van der Waals surface area (Å²) in [5.74, 6) is -0.378. The number of nitrogens with zero attached hydrogens (tertiary/aromatic N) is 1. The summed E-state index contributed by atoms with van der Waals surface area (Å²) in [5.41, 5.74) is 3.02. The van der Waals surface area contributed by atoms with Crippen LogP contribution in [-0.2, 0) is 0 Å². The van der Waals surface area contributed by atoms with Gasteiger partial charge in [-0.15, -0.1) is 0 Å². The standard InChI is InChI=1S/C14H15NO4/c1-7-5-8(2)11(10(6-7)18-4)13-15-9(3)12(19-13)14(16)17/h5-6H,1-4H3,(H,16,17). The molecule has 1 heterocycles. The lowest BCUT2D eigenvalue weighted by molar-refractivity contribution is 0.0662. The number of hydrogen-bond acceptors (Lipinski definition) is 4. The zero-order chi connectivity index (χ0) is 14.2. The summed E-state index contributed by atoms with van der Waals surface area (Å²) >= 11 is 0. The average Bonchev–Trinajstić information content (AvgIpc) is 2.69. The van der Waals surface area contributed by atoms with Crippen LogP contribution in [0.1, 0.15) is 27.4 Å². The van der Waals surface area contributed by atoms with Gasteiger partial charge in [-0.25, -0.2) is 9.78 Å². The van der Waals surface area contributed by atoms with Crippen molar-refractivity contribution >= 4 is 5.97 Å². The molecule has 19 heavy (non-hydrogen) atoms. The van der Waals surface area contributed by atoms with E-state index in [-0.39, 0.29) is 11.7 Å². The molecule has 5 heteroatoms. The van der Waals surface area contributed by atoms with Crippen LogP contribution in [0, 0.1) is 20.8 Å². The van der Waals surface area contributed by atoms with Gasteiger partial charge in [-0.1, -0.05) is 6.07 Å². The minimum Gasteiger partial charge on any atom is -0.496 e. The first-order valence-electron chi connectivity index (χ1n) is 5.80. The Morgan fingerprint density at radius 1 is 1.32 bits per heavy atom. The second kappa shape index (κ2) is 4.76. The summed E-state index contributed by atoms with van der Waals surface area (Å²) in [7, 11) is 1.56. The minimum atomic E-state index is -1.13. The summed E-state index contributed by atoms with van der Waals surface area (Å²) in [6.07, 6.45) is 0. The Kier molecular flexibility index (Phi) is 3.29. The number of carbonyl (C=O) groups is 1. The van der Waals surface area contributed by atoms with Gasteiger partial charge in [-0.2, -0.15) is 0 Å². The Balaban J connectivity index is 2.65. The predicted molar refractivity (Wildman–Crippen MR) is 69.7 cm³/mol. The number of aromatic nitrogens is 1. The van der Waals surface area contributed by atoms with Crippen LogP contribution >= 0.6 is 0 Å². The van der Waals surface area contributed by atoms with E-state index in [0.717, 1.165) is 11.1 Å². The second-order valence-electron chi connectivity index (χ2n) is 4.40. The highest BCUT2D eigenvalue weighted by Gasteiger charge is 2.21. The van der Waals surface area contributed by atoms with Crippen molar-refractivity contribution in [3.8, 4) is 17.2 Å². The average molecular weight is 261 g/mol. The molecule has 0 aliphatic carbocycles. The highest BCUT2D eigenvalue weighted by Crippen LogP contribution is 2.34. The van der Waals surface area contributed by atoms with E-state index in [1.54, 1.807) is 14.0 Å². The molecule has 0 saturated heterocycles. The van der Waals surface area contributed by atoms with E-state index < -0.39 is 5.97 Å². The molecule has 1 aromatic heterocycles. The monoisotopic (exact) mass is 261 g/mol. The van der Waals surface area contributed by atoms with Crippen molar-refractivity contribution in [3.63, 3.8) is 0 Å². The fourth-order valence-electron chi connectivity index (χ4n) is 2.07. The Morgan fingerprint density at radius 3 is 2.53 bits per heavy atom. The maximum atomic E-state index is 11.0. The smallest absolute Gasteiger partial charge is 0.373 e. The van der Waals surface area contributed by atoms with Crippen molar-refractivity contribution in [2.75, 3.05) is 7.11 Å². The van der Waals surface area contributed by atoms with E-state index in [1.165, 1.54) is 0 Å². The molecule has 0 spiro atoms. The number of aryl methyl sites for hydroxylation is 3. The molecular formula is C14H15NO4. The molecule has 0 aliphatic rings. The SMILES string of the molecule is COc1cc(C)cc(C)c1-c1nc(C)c(C(=O)O)o1. The fraction of sp³-hybridized carbons (Fsp3) is 0.286. The maximum Gasteiger partial charge on any atom is 0.373 e. The molecule has 2 aromatic rings. The zero-order valence-corrected chi connectivity index (χ0v) is 11.3. The van der Waals surface area contributed by atoms with E-state index in [1.807, 2.05) is 26.0 Å². The number of oxazole rings is 1. The first-order valence-corrected chi connectivity index (χ1v) is 5.80. The second-order valence-corrected chi connectivity index (χ2v) is 4.40. The van der Waals surface area contributed by atoms with Crippen molar-refractivity contribution in [2.24, 2.45) is 0 Å². The van der Waals surface area contributed by atoms with Gasteiger partial charge in [-0.3, -0.25) is 0 Å². The summed E-state index contributed by atoms with van der Waals surface area (Å²) in [5, 5.41) is 9.00. The van der Waals surface area contributed by atoms with E-state index in [4.69, 9.17) is 14.3 Å². The van der Waals surface area contributed by atoms with Gasteiger partial charge in [0.05, 0.1) is 18.4 Å². The Bertz CT molecular complexity index is 643. The third-order valence-corrected chi connectivity index (χ3v) is 2.87. The molecule has 2 rings (SSSR count). The summed E-state index contributed by atoms with van der Waals surface area (Å²) < 4.78 is 10.7. The van der Waals surface area contributed by atoms with Crippen molar-refractivity contribution < 1.29 is 19.1 Å². The number of benzene rings is 1.